The third kappa shape index (κ3) is 3.16. The first-order valence-electron chi connectivity index (χ1n) is 0.859. The van der Waals surface area contributed by atoms with E-state index in [0.717, 1.165) is 0 Å². The normalized spacial score (nSPS) is 6.60. The van der Waals surface area contributed by atoms with Crippen LogP contribution in [0, 0.1) is 4.91 Å². The summed E-state index contributed by atoms with van der Waals surface area (Å²) < 4.78 is 0. The van der Waals surface area contributed by atoms with Gasteiger partial charge in [0.25, 0.3) is 0 Å². The van der Waals surface area contributed by atoms with Crippen molar-refractivity contribution in [2.75, 3.05) is 0 Å². The molecule has 0 spiro atoms. The first kappa shape index (κ1) is 4.16. The lowest BCUT2D eigenvalue weighted by Crippen LogP contribution is -2.20. The van der Waals surface area contributed by atoms with Crippen LogP contribution >= 0.6 is 0 Å². The standard InChI is InChI=1S/H4N3O2/c1-3(4)5-2/h2H2,(H2,1,4)/q+1. The second-order valence-electron chi connectivity index (χ2n) is 0.391. The van der Waals surface area contributed by atoms with E-state index < -0.39 is 0 Å². The Morgan fingerprint density at radius 1 is 1.80 bits per heavy atom. The molecule has 0 heterocycles. The minimum absolute atomic E-state index is 0.347. The Morgan fingerprint density at radius 3 is 2.00 bits per heavy atom. The molecule has 0 fully saturated rings. The van der Waals surface area contributed by atoms with E-state index in [1.54, 1.807) is 0 Å². The lowest BCUT2D eigenvalue weighted by Gasteiger charge is -1.65. The largest absolute Gasteiger partial charge is 0.374 e. The lowest BCUT2D eigenvalue weighted by molar-refractivity contribution is -0.817. The molecule has 0 saturated heterocycles. The maximum absolute atomic E-state index is 9.16. The van der Waals surface area contributed by atoms with Crippen LogP contribution in [0.25, 0.3) is 0 Å². The highest BCUT2D eigenvalue weighted by Crippen LogP contribution is 1.40. The minimum atomic E-state index is -0.347. The first-order chi connectivity index (χ1) is 2.27. The average Bonchev–Trinajstić information content (AvgIpc) is 1.38. The van der Waals surface area contributed by atoms with Crippen molar-refractivity contribution < 1.29 is 9.97 Å². The van der Waals surface area contributed by atoms with Crippen molar-refractivity contribution in [1.82, 2.24) is 0 Å². The van der Waals surface area contributed by atoms with Gasteiger partial charge >= 0.3 is 5.03 Å². The average molecular weight is 78.1 g/mol. The fourth-order valence-corrected chi connectivity index (χ4v) is 0. The number of rotatable bonds is 1. The molecule has 5 heavy (non-hydrogen) atoms. The van der Waals surface area contributed by atoms with E-state index in [0.29, 0.717) is 0 Å². The molecule has 0 saturated carbocycles. The summed E-state index contributed by atoms with van der Waals surface area (Å²) >= 11 is 0. The van der Waals surface area contributed by atoms with E-state index in [-0.39, 0.29) is 5.03 Å². The Morgan fingerprint density at radius 2 is 2.00 bits per heavy atom. The Bertz CT molecular complexity index is 40.2. The highest BCUT2D eigenvalue weighted by atomic mass is 16.9. The van der Waals surface area contributed by atoms with Crippen LogP contribution in [0.4, 0.5) is 0 Å². The summed E-state index contributed by atoms with van der Waals surface area (Å²) in [7, 11) is 0. The SMILES string of the molecule is NO[N+](N)=O. The summed E-state index contributed by atoms with van der Waals surface area (Å²) in [5.74, 6) is 8.38. The molecule has 0 aromatic heterocycles. The Labute approximate surface area is 28.0 Å². The van der Waals surface area contributed by atoms with Gasteiger partial charge in [-0.05, 0) is 0 Å². The van der Waals surface area contributed by atoms with Crippen LogP contribution in [0.15, 0.2) is 0 Å². The molecule has 30 valence electrons. The number of nitrogens with two attached hydrogens (primary N) is 2. The van der Waals surface area contributed by atoms with Crippen LogP contribution in [0.3, 0.4) is 0 Å². The van der Waals surface area contributed by atoms with Gasteiger partial charge in [0.05, 0.1) is 0 Å². The molecule has 0 radical (unpaired) electrons. The molecule has 5 heteroatoms. The van der Waals surface area contributed by atoms with E-state index in [2.05, 4.69) is 16.7 Å². The molecular weight excluding hydrogens is 74.0 g/mol. The van der Waals surface area contributed by atoms with Crippen LogP contribution in [0.2, 0.25) is 0 Å². The van der Waals surface area contributed by atoms with Crippen LogP contribution in [-0.4, -0.2) is 5.03 Å². The molecule has 0 rings (SSSR count). The molecule has 4 N–H and O–H groups in total. The molecular formula is H4N3O2+. The van der Waals surface area contributed by atoms with Gasteiger partial charge in [0.1, 0.15) is 4.91 Å². The fourth-order valence-electron chi connectivity index (χ4n) is 0. The summed E-state index contributed by atoms with van der Waals surface area (Å²) in [6.07, 6.45) is 0. The molecule has 0 bridgehead atoms. The predicted octanol–water partition coefficient (Wildman–Crippen LogP) is -1.56. The van der Waals surface area contributed by atoms with Gasteiger partial charge in [-0.3, -0.25) is 0 Å². The van der Waals surface area contributed by atoms with Gasteiger partial charge in [-0.2, -0.15) is 0 Å². The Balaban J connectivity index is 2.85. The molecule has 0 aromatic carbocycles. The van der Waals surface area contributed by atoms with Crippen LogP contribution in [0.1, 0.15) is 0 Å². The lowest BCUT2D eigenvalue weighted by atomic mass is 12.7. The number of nitrogens with zero attached hydrogens (tertiary/aromatic N) is 1. The van der Waals surface area contributed by atoms with Crippen molar-refractivity contribution in [3.8, 4) is 0 Å². The topological polar surface area (TPSA) is 81.3 Å². The van der Waals surface area contributed by atoms with Crippen LogP contribution in [0.5, 0.6) is 0 Å². The highest BCUT2D eigenvalue weighted by molar-refractivity contribution is 3.61. The van der Waals surface area contributed by atoms with Crippen LogP contribution in [-0.2, 0) is 4.94 Å². The maximum Gasteiger partial charge on any atom is 0.374 e. The molecule has 0 aliphatic heterocycles. The molecule has 0 atom stereocenters. The van der Waals surface area contributed by atoms with Gasteiger partial charge in [0.15, 0.2) is 0 Å². The van der Waals surface area contributed by atoms with Gasteiger partial charge in [-0.25, -0.2) is 0 Å². The summed E-state index contributed by atoms with van der Waals surface area (Å²) in [4.78, 5) is 12.5. The van der Waals surface area contributed by atoms with Gasteiger partial charge < -0.3 is 0 Å². The van der Waals surface area contributed by atoms with Crippen LogP contribution < -0.4 is 11.7 Å². The number of hydrogen-bond donors (Lipinski definition) is 2. The van der Waals surface area contributed by atoms with Crippen molar-refractivity contribution in [3.05, 3.63) is 4.91 Å². The van der Waals surface area contributed by atoms with E-state index >= 15 is 0 Å². The van der Waals surface area contributed by atoms with Crippen molar-refractivity contribution in [2.45, 2.75) is 0 Å². The molecule has 0 aliphatic carbocycles. The van der Waals surface area contributed by atoms with Crippen molar-refractivity contribution in [1.29, 1.82) is 0 Å². The van der Waals surface area contributed by atoms with E-state index in [1.165, 1.54) is 0 Å². The summed E-state index contributed by atoms with van der Waals surface area (Å²) in [5, 5.41) is -0.347. The zero-order valence-corrected chi connectivity index (χ0v) is 2.42. The third-order valence-corrected chi connectivity index (χ3v) is 0.104. The van der Waals surface area contributed by atoms with Crippen molar-refractivity contribution in [3.63, 3.8) is 0 Å². The maximum atomic E-state index is 9.16. The zero-order valence-electron chi connectivity index (χ0n) is 2.42. The molecule has 5 nitrogen and oxygen atoms in total. The molecule has 0 aromatic rings. The number of hydrogen-bond acceptors (Lipinski definition) is 3. The Kier molecular flexibility index (Phi) is 1.23. The molecule has 0 aliphatic rings. The van der Waals surface area contributed by atoms with Gasteiger partial charge in [-0.1, -0.05) is 10.8 Å². The van der Waals surface area contributed by atoms with Crippen molar-refractivity contribution in [2.24, 2.45) is 11.7 Å². The van der Waals surface area contributed by atoms with Crippen molar-refractivity contribution >= 4 is 0 Å². The summed E-state index contributed by atoms with van der Waals surface area (Å²) in [6, 6.07) is 0. The Hall–Kier alpha value is -0.840. The van der Waals surface area contributed by atoms with Gasteiger partial charge in [-0.15, -0.1) is 5.84 Å². The van der Waals surface area contributed by atoms with E-state index in [1.807, 2.05) is 0 Å². The monoisotopic (exact) mass is 78.0 g/mol. The summed E-state index contributed by atoms with van der Waals surface area (Å²) in [5.41, 5.74) is 0. The zero-order chi connectivity index (χ0) is 4.28. The molecule has 0 unspecified atom stereocenters. The van der Waals surface area contributed by atoms with Gasteiger partial charge in [0, 0.05) is 0 Å². The summed E-state index contributed by atoms with van der Waals surface area (Å²) in [6.45, 7) is 0. The predicted molar refractivity (Wildman–Crippen MR) is 13.1 cm³/mol. The smallest absolute Gasteiger partial charge is 0.113 e. The minimum Gasteiger partial charge on any atom is -0.113 e. The number of hydrazine groups is 1. The fraction of sp³-hybridized carbons (Fsp3) is 0. The van der Waals surface area contributed by atoms with E-state index in [9.17, 15) is 0 Å². The van der Waals surface area contributed by atoms with E-state index in [4.69, 9.17) is 4.91 Å². The second-order valence-corrected chi connectivity index (χ2v) is 0.391. The third-order valence-electron chi connectivity index (χ3n) is 0.104. The van der Waals surface area contributed by atoms with Gasteiger partial charge in [0.2, 0.25) is 0 Å². The molecule has 0 amide bonds. The second kappa shape index (κ2) is 1.48. The highest BCUT2D eigenvalue weighted by Gasteiger charge is 1.86. The first-order valence-corrected chi connectivity index (χ1v) is 0.859. The quantitative estimate of drug-likeness (QED) is 0.293.